The van der Waals surface area contributed by atoms with Gasteiger partial charge in [-0.15, -0.1) is 0 Å². The fourth-order valence-electron chi connectivity index (χ4n) is 2.50. The van der Waals surface area contributed by atoms with Gasteiger partial charge in [0.25, 0.3) is 0 Å². The van der Waals surface area contributed by atoms with Crippen LogP contribution in [0, 0.1) is 6.92 Å². The molecule has 0 spiro atoms. The molecule has 0 unspecified atom stereocenters. The number of aliphatic imine (C=N–C) groups is 1. The second-order valence-corrected chi connectivity index (χ2v) is 5.51. The van der Waals surface area contributed by atoms with Gasteiger partial charge in [0.05, 0.1) is 12.2 Å². The van der Waals surface area contributed by atoms with Crippen LogP contribution in [0.4, 0.5) is 5.69 Å². The van der Waals surface area contributed by atoms with Crippen LogP contribution in [-0.2, 0) is 13.0 Å². The molecule has 0 saturated carbocycles. The van der Waals surface area contributed by atoms with Crippen molar-refractivity contribution in [3.05, 3.63) is 65.6 Å². The summed E-state index contributed by atoms with van der Waals surface area (Å²) in [6.45, 7) is 4.63. The summed E-state index contributed by atoms with van der Waals surface area (Å²) in [4.78, 5) is 8.93. The predicted octanol–water partition coefficient (Wildman–Crippen LogP) is 3.13. The molecular weight excluding hydrogens is 286 g/mol. The number of aryl methyl sites for hydroxylation is 2. The van der Waals surface area contributed by atoms with E-state index in [2.05, 4.69) is 51.7 Å². The maximum absolute atomic E-state index is 5.97. The number of aromatic nitrogens is 2. The van der Waals surface area contributed by atoms with Gasteiger partial charge in [-0.25, -0.2) is 9.98 Å². The molecule has 0 fully saturated rings. The molecule has 3 rings (SSSR count). The molecule has 2 aromatic heterocycles. The fraction of sp³-hybridized carbons (Fsp3) is 0.222. The molecule has 3 aromatic rings. The molecule has 0 bridgehead atoms. The minimum atomic E-state index is 0.395. The van der Waals surface area contributed by atoms with Crippen LogP contribution in [0.5, 0.6) is 0 Å². The van der Waals surface area contributed by atoms with Gasteiger partial charge in [-0.3, -0.25) is 0 Å². The van der Waals surface area contributed by atoms with E-state index >= 15 is 0 Å². The lowest BCUT2D eigenvalue weighted by Crippen LogP contribution is -2.22. The number of imidazole rings is 1. The van der Waals surface area contributed by atoms with Crippen LogP contribution in [0.15, 0.2) is 53.7 Å². The third kappa shape index (κ3) is 3.51. The molecule has 0 aliphatic rings. The van der Waals surface area contributed by atoms with E-state index in [0.717, 1.165) is 29.1 Å². The Morgan fingerprint density at radius 2 is 2.09 bits per heavy atom. The second kappa shape index (κ2) is 6.52. The van der Waals surface area contributed by atoms with Gasteiger partial charge in [-0.1, -0.05) is 25.1 Å². The highest BCUT2D eigenvalue weighted by atomic mass is 15.1. The zero-order valence-corrected chi connectivity index (χ0v) is 13.5. The molecule has 118 valence electrons. The molecule has 5 heteroatoms. The molecule has 0 amide bonds. The number of fused-ring (bicyclic) bond motifs is 1. The number of anilines is 1. The highest BCUT2D eigenvalue weighted by Gasteiger charge is 2.03. The summed E-state index contributed by atoms with van der Waals surface area (Å²) in [6, 6.07) is 14.2. The summed E-state index contributed by atoms with van der Waals surface area (Å²) in [6.07, 6.45) is 2.99. The summed E-state index contributed by atoms with van der Waals surface area (Å²) in [7, 11) is 0. The topological polar surface area (TPSA) is 67.7 Å². The van der Waals surface area contributed by atoms with E-state index in [4.69, 9.17) is 5.73 Å². The number of nitrogens with two attached hydrogens (primary N) is 1. The van der Waals surface area contributed by atoms with Gasteiger partial charge in [0.15, 0.2) is 5.96 Å². The molecule has 0 atom stereocenters. The third-order valence-corrected chi connectivity index (χ3v) is 3.76. The summed E-state index contributed by atoms with van der Waals surface area (Å²) in [5, 5.41) is 3.13. The first-order valence-electron chi connectivity index (χ1n) is 7.75. The van der Waals surface area contributed by atoms with Crippen LogP contribution in [0.25, 0.3) is 5.65 Å². The predicted molar refractivity (Wildman–Crippen MR) is 94.7 cm³/mol. The average Bonchev–Trinajstić information content (AvgIpc) is 2.98. The Morgan fingerprint density at radius 1 is 1.26 bits per heavy atom. The molecule has 5 nitrogen and oxygen atoms in total. The summed E-state index contributed by atoms with van der Waals surface area (Å²) < 4.78 is 2.05. The van der Waals surface area contributed by atoms with Crippen molar-refractivity contribution in [2.45, 2.75) is 26.8 Å². The lowest BCUT2D eigenvalue weighted by atomic mass is 10.1. The van der Waals surface area contributed by atoms with Gasteiger partial charge in [-0.05, 0) is 43.2 Å². The van der Waals surface area contributed by atoms with Crippen molar-refractivity contribution in [3.8, 4) is 0 Å². The Kier molecular flexibility index (Phi) is 4.28. The fourth-order valence-corrected chi connectivity index (χ4v) is 2.50. The Bertz CT molecular complexity index is 847. The normalized spacial score (nSPS) is 11.8. The molecule has 3 N–H and O–H groups in total. The second-order valence-electron chi connectivity index (χ2n) is 5.51. The van der Waals surface area contributed by atoms with E-state index in [0.29, 0.717) is 12.5 Å². The van der Waals surface area contributed by atoms with E-state index in [1.165, 1.54) is 5.56 Å². The Hall–Kier alpha value is -2.82. The number of benzene rings is 1. The van der Waals surface area contributed by atoms with E-state index in [1.807, 2.05) is 30.5 Å². The largest absolute Gasteiger partial charge is 0.370 e. The zero-order valence-electron chi connectivity index (χ0n) is 13.5. The van der Waals surface area contributed by atoms with E-state index in [-0.39, 0.29) is 0 Å². The molecule has 0 aliphatic heterocycles. The number of pyridine rings is 1. The van der Waals surface area contributed by atoms with Crippen LogP contribution < -0.4 is 11.1 Å². The molecule has 1 aromatic carbocycles. The van der Waals surface area contributed by atoms with Crippen LogP contribution in [0.2, 0.25) is 0 Å². The molecule has 0 aliphatic carbocycles. The van der Waals surface area contributed by atoms with Crippen molar-refractivity contribution in [2.75, 3.05) is 5.32 Å². The van der Waals surface area contributed by atoms with Gasteiger partial charge in [0.1, 0.15) is 5.65 Å². The lowest BCUT2D eigenvalue weighted by Gasteiger charge is -2.06. The van der Waals surface area contributed by atoms with E-state index in [9.17, 15) is 0 Å². The first kappa shape index (κ1) is 15.1. The number of nitrogens with zero attached hydrogens (tertiary/aromatic N) is 3. The Balaban J connectivity index is 1.71. The van der Waals surface area contributed by atoms with Crippen molar-refractivity contribution in [3.63, 3.8) is 0 Å². The molecule has 23 heavy (non-hydrogen) atoms. The number of rotatable bonds is 4. The molecule has 0 saturated heterocycles. The average molecular weight is 307 g/mol. The molecular formula is C18H21N5. The monoisotopic (exact) mass is 307 g/mol. The quantitative estimate of drug-likeness (QED) is 0.575. The van der Waals surface area contributed by atoms with Gasteiger partial charge in [0.2, 0.25) is 0 Å². The summed E-state index contributed by atoms with van der Waals surface area (Å²) in [5.74, 6) is 0.395. The smallest absolute Gasteiger partial charge is 0.193 e. The Morgan fingerprint density at radius 3 is 2.87 bits per heavy atom. The minimum absolute atomic E-state index is 0.395. The maximum atomic E-state index is 5.97. The summed E-state index contributed by atoms with van der Waals surface area (Å²) in [5.41, 5.74) is 11.2. The van der Waals surface area contributed by atoms with Gasteiger partial charge in [-0.2, -0.15) is 0 Å². The zero-order chi connectivity index (χ0) is 16.2. The van der Waals surface area contributed by atoms with Crippen LogP contribution >= 0.6 is 0 Å². The van der Waals surface area contributed by atoms with Crippen molar-refractivity contribution in [2.24, 2.45) is 10.7 Å². The summed E-state index contributed by atoms with van der Waals surface area (Å²) >= 11 is 0. The van der Waals surface area contributed by atoms with Crippen LogP contribution in [0.1, 0.15) is 23.9 Å². The van der Waals surface area contributed by atoms with E-state index < -0.39 is 0 Å². The number of hydrogen-bond donors (Lipinski definition) is 2. The first-order chi connectivity index (χ1) is 11.2. The van der Waals surface area contributed by atoms with Gasteiger partial charge >= 0.3 is 0 Å². The van der Waals surface area contributed by atoms with Gasteiger partial charge < -0.3 is 15.5 Å². The number of nitrogens with one attached hydrogen (secondary N) is 1. The van der Waals surface area contributed by atoms with Crippen molar-refractivity contribution in [1.29, 1.82) is 0 Å². The van der Waals surface area contributed by atoms with Gasteiger partial charge in [0, 0.05) is 17.6 Å². The highest BCUT2D eigenvalue weighted by Crippen LogP contribution is 2.11. The first-order valence-corrected chi connectivity index (χ1v) is 7.75. The number of hydrogen-bond acceptors (Lipinski definition) is 2. The lowest BCUT2D eigenvalue weighted by molar-refractivity contribution is 1.00. The molecule has 0 radical (unpaired) electrons. The van der Waals surface area contributed by atoms with Crippen molar-refractivity contribution in [1.82, 2.24) is 9.38 Å². The Labute approximate surface area is 135 Å². The maximum Gasteiger partial charge on any atom is 0.193 e. The highest BCUT2D eigenvalue weighted by molar-refractivity contribution is 5.92. The number of guanidine groups is 1. The van der Waals surface area contributed by atoms with Crippen molar-refractivity contribution >= 4 is 17.3 Å². The minimum Gasteiger partial charge on any atom is -0.370 e. The van der Waals surface area contributed by atoms with Crippen LogP contribution in [0.3, 0.4) is 0 Å². The third-order valence-electron chi connectivity index (χ3n) is 3.76. The van der Waals surface area contributed by atoms with Crippen molar-refractivity contribution < 1.29 is 0 Å². The van der Waals surface area contributed by atoms with E-state index in [1.54, 1.807) is 0 Å². The molecule has 2 heterocycles. The SMILES string of the molecule is CCc1cccc(NC(N)=NCc2cn3c(C)cccc3n2)c1. The standard InChI is InChI=1S/C18H21N5/c1-3-14-7-5-8-15(10-14)22-18(19)20-11-16-12-23-13(2)6-4-9-17(23)21-16/h4-10,12H,3,11H2,1-2H3,(H3,19,20,22). The van der Waals surface area contributed by atoms with Crippen LogP contribution in [-0.4, -0.2) is 15.3 Å².